The zero-order valence-electron chi connectivity index (χ0n) is 17.4. The summed E-state index contributed by atoms with van der Waals surface area (Å²) in [5, 5.41) is 7.57. The Labute approximate surface area is 162 Å². The van der Waals surface area contributed by atoms with E-state index in [4.69, 9.17) is 0 Å². The van der Waals surface area contributed by atoms with E-state index in [0.717, 1.165) is 30.4 Å². The molecule has 1 fully saturated rings. The molecule has 1 amide bonds. The van der Waals surface area contributed by atoms with Crippen LogP contribution in [0.3, 0.4) is 0 Å². The quantitative estimate of drug-likeness (QED) is 0.838. The summed E-state index contributed by atoms with van der Waals surface area (Å²) in [6, 6.07) is 10.0. The largest absolute Gasteiger partial charge is 0.371 e. The van der Waals surface area contributed by atoms with Gasteiger partial charge in [-0.05, 0) is 69.4 Å². The van der Waals surface area contributed by atoms with Gasteiger partial charge in [-0.25, -0.2) is 0 Å². The molecule has 146 valence electrons. The fraction of sp³-hybridized carbons (Fsp3) is 0.545. The third-order valence-electron chi connectivity index (χ3n) is 5.11. The van der Waals surface area contributed by atoms with Gasteiger partial charge in [0.05, 0.1) is 5.54 Å². The Hall–Kier alpha value is -2.30. The summed E-state index contributed by atoms with van der Waals surface area (Å²) in [6.07, 6.45) is 1.24. The first-order chi connectivity index (χ1) is 12.6. The van der Waals surface area contributed by atoms with Gasteiger partial charge < -0.3 is 10.2 Å². The smallest absolute Gasteiger partial charge is 0.276 e. The van der Waals surface area contributed by atoms with Gasteiger partial charge in [0.2, 0.25) is 0 Å². The highest BCUT2D eigenvalue weighted by atomic mass is 16.2. The number of nitrogens with one attached hydrogen (secondary N) is 1. The number of anilines is 2. The molecule has 2 aromatic rings. The van der Waals surface area contributed by atoms with E-state index in [1.807, 2.05) is 22.9 Å². The number of rotatable bonds is 4. The number of aromatic nitrogens is 2. The van der Waals surface area contributed by atoms with Crippen LogP contribution in [0.15, 0.2) is 30.3 Å². The summed E-state index contributed by atoms with van der Waals surface area (Å²) in [5.74, 6) is 0.889. The van der Waals surface area contributed by atoms with Gasteiger partial charge in [0.1, 0.15) is 0 Å². The topological polar surface area (TPSA) is 50.2 Å². The molecule has 0 saturated carbocycles. The number of carbonyl (C=O) groups excluding carboxylic acids is 1. The predicted octanol–water partition coefficient (Wildman–Crippen LogP) is 4.86. The van der Waals surface area contributed by atoms with Gasteiger partial charge in [-0.2, -0.15) is 5.10 Å². The zero-order chi connectivity index (χ0) is 19.8. The van der Waals surface area contributed by atoms with Crippen LogP contribution in [0.1, 0.15) is 70.1 Å². The number of amides is 1. The Morgan fingerprint density at radius 1 is 1.22 bits per heavy atom. The number of benzene rings is 1. The fourth-order valence-corrected chi connectivity index (χ4v) is 3.58. The molecular formula is C22H32N4O. The van der Waals surface area contributed by atoms with E-state index in [9.17, 15) is 4.79 Å². The molecule has 0 radical (unpaired) electrons. The van der Waals surface area contributed by atoms with E-state index in [0.29, 0.717) is 11.6 Å². The van der Waals surface area contributed by atoms with Crippen LogP contribution in [-0.2, 0) is 5.54 Å². The summed E-state index contributed by atoms with van der Waals surface area (Å²) in [5.41, 5.74) is 3.40. The summed E-state index contributed by atoms with van der Waals surface area (Å²) in [6.45, 7) is 15.1. The number of hydrogen-bond acceptors (Lipinski definition) is 3. The van der Waals surface area contributed by atoms with Crippen LogP contribution < -0.4 is 10.2 Å². The van der Waals surface area contributed by atoms with Crippen molar-refractivity contribution in [1.82, 2.24) is 9.78 Å². The molecule has 2 heterocycles. The van der Waals surface area contributed by atoms with Gasteiger partial charge in [-0.3, -0.25) is 9.48 Å². The fourth-order valence-electron chi connectivity index (χ4n) is 3.58. The molecule has 5 nitrogen and oxygen atoms in total. The Morgan fingerprint density at radius 3 is 2.37 bits per heavy atom. The number of carbonyl (C=O) groups is 1. The van der Waals surface area contributed by atoms with Gasteiger partial charge >= 0.3 is 0 Å². The lowest BCUT2D eigenvalue weighted by atomic mass is 10.1. The second kappa shape index (κ2) is 7.37. The van der Waals surface area contributed by atoms with Crippen molar-refractivity contribution < 1.29 is 4.79 Å². The minimum atomic E-state index is -0.164. The maximum absolute atomic E-state index is 12.7. The van der Waals surface area contributed by atoms with Crippen LogP contribution in [0, 0.1) is 5.92 Å². The van der Waals surface area contributed by atoms with E-state index in [-0.39, 0.29) is 11.4 Å². The molecular weight excluding hydrogens is 336 g/mol. The van der Waals surface area contributed by atoms with Crippen LogP contribution in [0.2, 0.25) is 0 Å². The van der Waals surface area contributed by atoms with Gasteiger partial charge in [0.15, 0.2) is 5.69 Å². The molecule has 1 aromatic heterocycles. The van der Waals surface area contributed by atoms with E-state index in [1.54, 1.807) is 0 Å². The lowest BCUT2D eigenvalue weighted by molar-refractivity contribution is 0.102. The van der Waals surface area contributed by atoms with Crippen LogP contribution in [0.25, 0.3) is 0 Å². The molecule has 1 N–H and O–H groups in total. The van der Waals surface area contributed by atoms with Crippen molar-refractivity contribution in [1.29, 1.82) is 0 Å². The zero-order valence-corrected chi connectivity index (χ0v) is 17.4. The number of nitrogens with zero attached hydrogens (tertiary/aromatic N) is 3. The van der Waals surface area contributed by atoms with Gasteiger partial charge in [0.25, 0.3) is 5.91 Å². The van der Waals surface area contributed by atoms with Gasteiger partial charge in [0, 0.05) is 30.2 Å². The second-order valence-corrected chi connectivity index (χ2v) is 9.03. The van der Waals surface area contributed by atoms with E-state index >= 15 is 0 Å². The average molecular weight is 369 g/mol. The Kier molecular flexibility index (Phi) is 5.31. The standard InChI is InChI=1S/C22H32N4O/c1-15(2)20-13-19(24-26(20)22(4,5)6)21(27)23-17-7-9-18(10-8-17)25-12-11-16(3)14-25/h7-10,13,15-16H,11-12,14H2,1-6H3,(H,23,27). The van der Waals surface area contributed by atoms with E-state index < -0.39 is 0 Å². The first-order valence-corrected chi connectivity index (χ1v) is 9.92. The summed E-state index contributed by atoms with van der Waals surface area (Å²) in [4.78, 5) is 15.1. The second-order valence-electron chi connectivity index (χ2n) is 9.03. The van der Waals surface area contributed by atoms with E-state index in [1.165, 1.54) is 12.1 Å². The van der Waals surface area contributed by atoms with Crippen molar-refractivity contribution in [2.24, 2.45) is 5.92 Å². The van der Waals surface area contributed by atoms with Crippen molar-refractivity contribution in [2.45, 2.75) is 59.4 Å². The monoisotopic (exact) mass is 368 g/mol. The first-order valence-electron chi connectivity index (χ1n) is 9.92. The third kappa shape index (κ3) is 4.34. The van der Waals surface area contributed by atoms with Gasteiger partial charge in [-0.1, -0.05) is 20.8 Å². The molecule has 1 aromatic carbocycles. The molecule has 0 bridgehead atoms. The molecule has 1 aliphatic heterocycles. The van der Waals surface area contributed by atoms with Crippen molar-refractivity contribution in [3.05, 3.63) is 41.7 Å². The minimum Gasteiger partial charge on any atom is -0.371 e. The molecule has 1 atom stereocenters. The molecule has 0 aliphatic carbocycles. The van der Waals surface area contributed by atoms with Crippen molar-refractivity contribution >= 4 is 17.3 Å². The Bertz CT molecular complexity index is 799. The van der Waals surface area contributed by atoms with Crippen LogP contribution in [-0.4, -0.2) is 28.8 Å². The molecule has 1 aliphatic rings. The third-order valence-corrected chi connectivity index (χ3v) is 5.11. The summed E-state index contributed by atoms with van der Waals surface area (Å²) in [7, 11) is 0. The lowest BCUT2D eigenvalue weighted by Gasteiger charge is -2.23. The average Bonchev–Trinajstić information content (AvgIpc) is 3.22. The Morgan fingerprint density at radius 2 is 1.89 bits per heavy atom. The van der Waals surface area contributed by atoms with Crippen molar-refractivity contribution in [2.75, 3.05) is 23.3 Å². The van der Waals surface area contributed by atoms with Crippen LogP contribution >= 0.6 is 0 Å². The molecule has 0 spiro atoms. The first kappa shape index (κ1) is 19.5. The van der Waals surface area contributed by atoms with Crippen LogP contribution in [0.5, 0.6) is 0 Å². The van der Waals surface area contributed by atoms with Crippen molar-refractivity contribution in [3.63, 3.8) is 0 Å². The highest BCUT2D eigenvalue weighted by molar-refractivity contribution is 6.03. The van der Waals surface area contributed by atoms with Crippen LogP contribution in [0.4, 0.5) is 11.4 Å². The molecule has 1 unspecified atom stereocenters. The molecule has 27 heavy (non-hydrogen) atoms. The summed E-state index contributed by atoms with van der Waals surface area (Å²) >= 11 is 0. The summed E-state index contributed by atoms with van der Waals surface area (Å²) < 4.78 is 1.96. The lowest BCUT2D eigenvalue weighted by Crippen LogP contribution is -2.26. The molecule has 3 rings (SSSR count). The van der Waals surface area contributed by atoms with Crippen molar-refractivity contribution in [3.8, 4) is 0 Å². The highest BCUT2D eigenvalue weighted by Gasteiger charge is 2.24. The maximum Gasteiger partial charge on any atom is 0.276 e. The minimum absolute atomic E-state index is 0.160. The molecule has 5 heteroatoms. The van der Waals surface area contributed by atoms with E-state index in [2.05, 4.69) is 69.0 Å². The van der Waals surface area contributed by atoms with Gasteiger partial charge in [-0.15, -0.1) is 0 Å². The molecule has 1 saturated heterocycles. The maximum atomic E-state index is 12.7. The number of hydrogen-bond donors (Lipinski definition) is 1. The Balaban J connectivity index is 1.74. The normalized spacial score (nSPS) is 17.6. The highest BCUT2D eigenvalue weighted by Crippen LogP contribution is 2.26. The predicted molar refractivity (Wildman–Crippen MR) is 112 cm³/mol. The SMILES string of the molecule is CC1CCN(c2ccc(NC(=O)c3cc(C(C)C)n(C(C)(C)C)n3)cc2)C1.